The Balaban J connectivity index is 2.20. The van der Waals surface area contributed by atoms with Gasteiger partial charge in [-0.1, -0.05) is 12.1 Å². The van der Waals surface area contributed by atoms with Crippen molar-refractivity contribution in [3.63, 3.8) is 0 Å². The maximum atomic E-state index is 13.0. The lowest BCUT2D eigenvalue weighted by Gasteiger charge is -2.27. The maximum Gasteiger partial charge on any atom is 0.328 e. The summed E-state index contributed by atoms with van der Waals surface area (Å²) in [6.45, 7) is 3.17. The van der Waals surface area contributed by atoms with E-state index in [2.05, 4.69) is 21.3 Å². The van der Waals surface area contributed by atoms with Crippen molar-refractivity contribution in [3.8, 4) is 5.75 Å². The van der Waals surface area contributed by atoms with Crippen LogP contribution in [0.3, 0.4) is 0 Å². The Kier molecular flexibility index (Phi) is 9.78. The molecule has 0 aromatic heterocycles. The number of carbonyl (C=O) groups is 4. The number of carbonyl (C=O) groups excluding carboxylic acids is 3. The standard InChI is InChI=1S/C22H32N4O8/c1-11(27)17(25-19(30)15-4-3-9-23-15)21(32)24-16(10-13-5-7-14(29)8-6-13)20(31)26-18(12(2)28)22(33)34/h5-8,11-12,15-18,23,27-29H,3-4,9-10H2,1-2H3,(H,24,32)(H,25,30)(H,26,31)(H,33,34). The second-order valence-electron chi connectivity index (χ2n) is 8.37. The van der Waals surface area contributed by atoms with Crippen molar-refractivity contribution >= 4 is 23.7 Å². The molecule has 0 spiro atoms. The number of hydrogen-bond donors (Lipinski definition) is 8. The van der Waals surface area contributed by atoms with E-state index in [1.807, 2.05) is 0 Å². The average Bonchev–Trinajstić information content (AvgIpc) is 3.30. The lowest BCUT2D eigenvalue weighted by Crippen LogP contribution is -2.60. The first-order valence-electron chi connectivity index (χ1n) is 11.0. The fourth-order valence-electron chi connectivity index (χ4n) is 3.55. The minimum absolute atomic E-state index is 0.00811. The molecule has 2 rings (SSSR count). The van der Waals surface area contributed by atoms with Crippen LogP contribution >= 0.6 is 0 Å². The van der Waals surface area contributed by atoms with Crippen molar-refractivity contribution in [3.05, 3.63) is 29.8 Å². The highest BCUT2D eigenvalue weighted by molar-refractivity contribution is 5.94. The number of nitrogens with one attached hydrogen (secondary N) is 4. The van der Waals surface area contributed by atoms with Crippen LogP contribution in [0.15, 0.2) is 24.3 Å². The van der Waals surface area contributed by atoms with Crippen LogP contribution in [0.5, 0.6) is 5.75 Å². The van der Waals surface area contributed by atoms with Crippen molar-refractivity contribution in [1.29, 1.82) is 0 Å². The highest BCUT2D eigenvalue weighted by atomic mass is 16.4. The Morgan fingerprint density at radius 3 is 2.09 bits per heavy atom. The Hall–Kier alpha value is -3.22. The molecular formula is C22H32N4O8. The molecule has 1 fully saturated rings. The minimum atomic E-state index is -1.62. The predicted octanol–water partition coefficient (Wildman–Crippen LogP) is -2.01. The lowest BCUT2D eigenvalue weighted by atomic mass is 10.0. The van der Waals surface area contributed by atoms with Crippen LogP contribution in [-0.2, 0) is 25.6 Å². The first-order valence-corrected chi connectivity index (χ1v) is 11.0. The first kappa shape index (κ1) is 27.0. The molecule has 34 heavy (non-hydrogen) atoms. The number of phenols is 1. The Morgan fingerprint density at radius 2 is 1.59 bits per heavy atom. The van der Waals surface area contributed by atoms with Gasteiger partial charge in [-0.3, -0.25) is 14.4 Å². The molecule has 1 heterocycles. The van der Waals surface area contributed by atoms with Crippen molar-refractivity contribution in [1.82, 2.24) is 21.3 Å². The minimum Gasteiger partial charge on any atom is -0.508 e. The van der Waals surface area contributed by atoms with E-state index in [0.717, 1.165) is 6.42 Å². The monoisotopic (exact) mass is 480 g/mol. The summed E-state index contributed by atoms with van der Waals surface area (Å²) in [5.41, 5.74) is 0.537. The van der Waals surface area contributed by atoms with E-state index < -0.39 is 60.1 Å². The van der Waals surface area contributed by atoms with Gasteiger partial charge in [-0.05, 0) is 50.9 Å². The number of aromatic hydroxyl groups is 1. The summed E-state index contributed by atoms with van der Waals surface area (Å²) < 4.78 is 0. The van der Waals surface area contributed by atoms with Gasteiger partial charge in [-0.15, -0.1) is 0 Å². The Labute approximate surface area is 196 Å². The fourth-order valence-corrected chi connectivity index (χ4v) is 3.55. The van der Waals surface area contributed by atoms with Gasteiger partial charge in [-0.25, -0.2) is 4.79 Å². The second-order valence-corrected chi connectivity index (χ2v) is 8.37. The summed E-state index contributed by atoms with van der Waals surface area (Å²) in [4.78, 5) is 49.7. The zero-order chi connectivity index (χ0) is 25.4. The van der Waals surface area contributed by atoms with Crippen LogP contribution < -0.4 is 21.3 Å². The van der Waals surface area contributed by atoms with Gasteiger partial charge >= 0.3 is 5.97 Å². The largest absolute Gasteiger partial charge is 0.508 e. The van der Waals surface area contributed by atoms with E-state index in [-0.39, 0.29) is 12.2 Å². The molecule has 0 aliphatic carbocycles. The Morgan fingerprint density at radius 1 is 0.971 bits per heavy atom. The normalized spacial score (nSPS) is 19.8. The van der Waals surface area contributed by atoms with Crippen molar-refractivity contribution in [2.75, 3.05) is 6.54 Å². The number of carboxylic acid groups (broad SMARTS) is 1. The maximum absolute atomic E-state index is 13.0. The SMILES string of the molecule is CC(O)C(NC(=O)C(Cc1ccc(O)cc1)NC(=O)C(NC(=O)C1CCCN1)C(C)O)C(=O)O. The summed E-state index contributed by atoms with van der Waals surface area (Å²) >= 11 is 0. The quantitative estimate of drug-likeness (QED) is 0.176. The molecule has 188 valence electrons. The molecule has 1 aliphatic heterocycles. The second kappa shape index (κ2) is 12.3. The van der Waals surface area contributed by atoms with Crippen molar-refractivity contribution < 1.29 is 39.6 Å². The highest BCUT2D eigenvalue weighted by Gasteiger charge is 2.34. The molecule has 0 bridgehead atoms. The number of carboxylic acids is 1. The third-order valence-electron chi connectivity index (χ3n) is 5.49. The van der Waals surface area contributed by atoms with Crippen molar-refractivity contribution in [2.24, 2.45) is 0 Å². The molecule has 1 aromatic rings. The van der Waals surface area contributed by atoms with Crippen LogP contribution in [-0.4, -0.2) is 87.0 Å². The number of aliphatic hydroxyl groups is 2. The summed E-state index contributed by atoms with van der Waals surface area (Å²) in [5.74, 6) is -3.66. The van der Waals surface area contributed by atoms with Gasteiger partial charge in [0.15, 0.2) is 6.04 Å². The van der Waals surface area contributed by atoms with E-state index in [1.165, 1.54) is 38.1 Å². The van der Waals surface area contributed by atoms with Gasteiger partial charge in [0, 0.05) is 6.42 Å². The van der Waals surface area contributed by atoms with Crippen molar-refractivity contribution in [2.45, 2.75) is 69.5 Å². The van der Waals surface area contributed by atoms with Crippen LogP contribution in [0.1, 0.15) is 32.3 Å². The molecule has 3 amide bonds. The van der Waals surface area contributed by atoms with Gasteiger partial charge in [0.2, 0.25) is 17.7 Å². The number of phenolic OH excluding ortho intramolecular Hbond substituents is 1. The van der Waals surface area contributed by atoms with E-state index in [0.29, 0.717) is 18.5 Å². The molecule has 1 aliphatic rings. The molecule has 0 radical (unpaired) electrons. The number of rotatable bonds is 11. The number of benzene rings is 1. The zero-order valence-corrected chi connectivity index (χ0v) is 19.0. The van der Waals surface area contributed by atoms with Gasteiger partial charge < -0.3 is 41.7 Å². The van der Waals surface area contributed by atoms with Gasteiger partial charge in [0.1, 0.15) is 17.8 Å². The molecule has 8 N–H and O–H groups in total. The number of aliphatic hydroxyl groups excluding tert-OH is 2. The molecule has 12 nitrogen and oxygen atoms in total. The van der Waals surface area contributed by atoms with Crippen LogP contribution in [0.2, 0.25) is 0 Å². The van der Waals surface area contributed by atoms with E-state index in [9.17, 15) is 39.6 Å². The summed E-state index contributed by atoms with van der Waals surface area (Å²) in [7, 11) is 0. The summed E-state index contributed by atoms with van der Waals surface area (Å²) in [6.07, 6.45) is -1.40. The van der Waals surface area contributed by atoms with Gasteiger partial charge in [0.25, 0.3) is 0 Å². The number of amides is 3. The first-order chi connectivity index (χ1) is 16.0. The van der Waals surface area contributed by atoms with Gasteiger partial charge in [0.05, 0.1) is 18.2 Å². The van der Waals surface area contributed by atoms with Crippen LogP contribution in [0, 0.1) is 0 Å². The third-order valence-corrected chi connectivity index (χ3v) is 5.49. The van der Waals surface area contributed by atoms with Crippen LogP contribution in [0.25, 0.3) is 0 Å². The van der Waals surface area contributed by atoms with E-state index >= 15 is 0 Å². The number of aliphatic carboxylic acids is 1. The molecule has 6 unspecified atom stereocenters. The predicted molar refractivity (Wildman–Crippen MR) is 120 cm³/mol. The molecular weight excluding hydrogens is 448 g/mol. The topological polar surface area (TPSA) is 197 Å². The van der Waals surface area contributed by atoms with Crippen LogP contribution in [0.4, 0.5) is 0 Å². The molecule has 12 heteroatoms. The zero-order valence-electron chi connectivity index (χ0n) is 19.0. The molecule has 0 saturated carbocycles. The smallest absolute Gasteiger partial charge is 0.328 e. The molecule has 1 saturated heterocycles. The summed E-state index contributed by atoms with van der Waals surface area (Å²) in [6, 6.07) is 1.03. The number of hydrogen-bond acceptors (Lipinski definition) is 8. The van der Waals surface area contributed by atoms with E-state index in [1.54, 1.807) is 0 Å². The lowest BCUT2D eigenvalue weighted by molar-refractivity contribution is -0.145. The van der Waals surface area contributed by atoms with E-state index in [4.69, 9.17) is 0 Å². The average molecular weight is 481 g/mol. The highest BCUT2D eigenvalue weighted by Crippen LogP contribution is 2.12. The fraction of sp³-hybridized carbons (Fsp3) is 0.545. The summed E-state index contributed by atoms with van der Waals surface area (Å²) in [5, 5.41) is 48.7. The Bertz CT molecular complexity index is 868. The molecule has 6 atom stereocenters. The van der Waals surface area contributed by atoms with Gasteiger partial charge in [-0.2, -0.15) is 0 Å². The molecule has 1 aromatic carbocycles. The third kappa shape index (κ3) is 7.68.